The van der Waals surface area contributed by atoms with E-state index < -0.39 is 12.1 Å². The molecule has 9 nitrogen and oxygen atoms in total. The van der Waals surface area contributed by atoms with Gasteiger partial charge >= 0.3 is 6.01 Å². The lowest BCUT2D eigenvalue weighted by Crippen LogP contribution is -2.33. The summed E-state index contributed by atoms with van der Waals surface area (Å²) < 4.78 is 18.9. The molecule has 1 fully saturated rings. The van der Waals surface area contributed by atoms with Crippen LogP contribution >= 0.6 is 0 Å². The number of fused-ring (bicyclic) bond motifs is 2. The minimum Gasteiger partial charge on any atom is -0.432 e. The third-order valence-electron chi connectivity index (χ3n) is 6.78. The van der Waals surface area contributed by atoms with E-state index in [-0.39, 0.29) is 29.3 Å². The normalized spacial score (nSPS) is 16.1. The van der Waals surface area contributed by atoms with E-state index in [0.717, 1.165) is 18.8 Å². The molecule has 3 aromatic rings. The standard InChI is InChI=1S/C26H32FN7O2/c1-15(2)30-22(35)18-11-29-23(33-21(18)34-24-32-20(12-36-24)25(3,4)13-27)31-17-5-6-19-16(9-17)10-28-14-26(19)7-8-26/h5-6,9,11-12,15,28H,7-8,10,13-14H2,1-4H3,(H,30,35)(H2,29,31,32,33,34). The van der Waals surface area contributed by atoms with Crippen LogP contribution in [-0.4, -0.2) is 40.1 Å². The van der Waals surface area contributed by atoms with E-state index in [9.17, 15) is 9.18 Å². The van der Waals surface area contributed by atoms with Crippen LogP contribution in [0.5, 0.6) is 0 Å². The smallest absolute Gasteiger partial charge is 0.300 e. The molecule has 1 saturated carbocycles. The highest BCUT2D eigenvalue weighted by Crippen LogP contribution is 2.50. The first-order valence-electron chi connectivity index (χ1n) is 12.3. The van der Waals surface area contributed by atoms with Gasteiger partial charge in [-0.15, -0.1) is 0 Å². The number of carbonyl (C=O) groups is 1. The molecular formula is C26H32FN7O2. The first-order valence-corrected chi connectivity index (χ1v) is 12.3. The quantitative estimate of drug-likeness (QED) is 0.363. The van der Waals surface area contributed by atoms with Crippen molar-refractivity contribution in [1.29, 1.82) is 0 Å². The largest absolute Gasteiger partial charge is 0.432 e. The topological polar surface area (TPSA) is 117 Å². The van der Waals surface area contributed by atoms with Crippen LogP contribution in [-0.2, 0) is 17.4 Å². The molecule has 0 atom stereocenters. The number of alkyl halides is 1. The number of oxazole rings is 1. The maximum absolute atomic E-state index is 13.4. The van der Waals surface area contributed by atoms with Crippen LogP contribution < -0.4 is 21.3 Å². The third kappa shape index (κ3) is 4.77. The summed E-state index contributed by atoms with van der Waals surface area (Å²) in [7, 11) is 0. The fourth-order valence-corrected chi connectivity index (χ4v) is 4.45. The number of nitrogens with zero attached hydrogens (tertiary/aromatic N) is 3. The van der Waals surface area contributed by atoms with Crippen molar-refractivity contribution in [3.8, 4) is 0 Å². The van der Waals surface area contributed by atoms with E-state index in [4.69, 9.17) is 4.42 Å². The molecule has 1 spiro atoms. The van der Waals surface area contributed by atoms with Crippen molar-refractivity contribution in [3.63, 3.8) is 0 Å². The zero-order valence-corrected chi connectivity index (χ0v) is 21.0. The Morgan fingerprint density at radius 1 is 1.25 bits per heavy atom. The lowest BCUT2D eigenvalue weighted by atomic mass is 9.88. The van der Waals surface area contributed by atoms with Gasteiger partial charge in [-0.2, -0.15) is 9.97 Å². The zero-order valence-electron chi connectivity index (χ0n) is 21.0. The highest BCUT2D eigenvalue weighted by molar-refractivity contribution is 5.99. The van der Waals surface area contributed by atoms with Gasteiger partial charge in [0.2, 0.25) is 5.95 Å². The SMILES string of the molecule is CC(C)NC(=O)c1cnc(Nc2ccc3c(c2)CNCC32CC2)nc1Nc1nc(C(C)(C)CF)co1. The highest BCUT2D eigenvalue weighted by atomic mass is 19.1. The lowest BCUT2D eigenvalue weighted by Gasteiger charge is -2.26. The Morgan fingerprint density at radius 3 is 2.78 bits per heavy atom. The molecule has 3 heterocycles. The monoisotopic (exact) mass is 493 g/mol. The number of carbonyl (C=O) groups excluding carboxylic acids is 1. The fraction of sp³-hybridized carbons (Fsp3) is 0.462. The second-order valence-electron chi connectivity index (χ2n) is 10.6. The van der Waals surface area contributed by atoms with Gasteiger partial charge in [0.15, 0.2) is 5.82 Å². The van der Waals surface area contributed by atoms with Gasteiger partial charge in [-0.3, -0.25) is 14.5 Å². The molecule has 0 unspecified atom stereocenters. The third-order valence-corrected chi connectivity index (χ3v) is 6.78. The summed E-state index contributed by atoms with van der Waals surface area (Å²) in [4.78, 5) is 26.1. The van der Waals surface area contributed by atoms with E-state index in [2.05, 4.69) is 48.4 Å². The van der Waals surface area contributed by atoms with Crippen molar-refractivity contribution >= 4 is 29.4 Å². The molecule has 1 aromatic carbocycles. The number of halogens is 1. The summed E-state index contributed by atoms with van der Waals surface area (Å²) in [5.41, 5.74) is 3.77. The molecular weight excluding hydrogens is 461 g/mol. The Kier molecular flexibility index (Phi) is 6.15. The summed E-state index contributed by atoms with van der Waals surface area (Å²) in [6, 6.07) is 6.40. The van der Waals surface area contributed by atoms with Gasteiger partial charge in [0.25, 0.3) is 5.91 Å². The van der Waals surface area contributed by atoms with E-state index in [1.807, 2.05) is 19.9 Å². The number of rotatable bonds is 8. The number of benzene rings is 1. The van der Waals surface area contributed by atoms with Crippen molar-refractivity contribution in [1.82, 2.24) is 25.6 Å². The van der Waals surface area contributed by atoms with E-state index in [0.29, 0.717) is 17.1 Å². The van der Waals surface area contributed by atoms with Gasteiger partial charge < -0.3 is 20.4 Å². The Morgan fingerprint density at radius 2 is 2.06 bits per heavy atom. The van der Waals surface area contributed by atoms with Gasteiger partial charge in [-0.1, -0.05) is 19.9 Å². The predicted octanol–water partition coefficient (Wildman–Crippen LogP) is 4.47. The van der Waals surface area contributed by atoms with Gasteiger partial charge in [0.05, 0.1) is 5.69 Å². The van der Waals surface area contributed by atoms with Crippen molar-refractivity contribution in [3.05, 3.63) is 53.0 Å². The van der Waals surface area contributed by atoms with Crippen molar-refractivity contribution in [2.75, 3.05) is 23.9 Å². The maximum atomic E-state index is 13.4. The van der Waals surface area contributed by atoms with Crippen LogP contribution in [0.25, 0.3) is 0 Å². The number of hydrogen-bond donors (Lipinski definition) is 4. The number of amides is 1. The van der Waals surface area contributed by atoms with Crippen LogP contribution in [0, 0.1) is 0 Å². The lowest BCUT2D eigenvalue weighted by molar-refractivity contribution is 0.0943. The second kappa shape index (κ2) is 9.16. The Hall–Kier alpha value is -3.53. The highest BCUT2D eigenvalue weighted by Gasteiger charge is 2.46. The van der Waals surface area contributed by atoms with Crippen LogP contribution in [0.4, 0.5) is 27.9 Å². The van der Waals surface area contributed by atoms with E-state index in [1.165, 1.54) is 36.4 Å². The van der Waals surface area contributed by atoms with Crippen molar-refractivity contribution in [2.45, 2.75) is 64.0 Å². The van der Waals surface area contributed by atoms with E-state index in [1.54, 1.807) is 13.8 Å². The summed E-state index contributed by atoms with van der Waals surface area (Å²) in [5.74, 6) is 0.220. The van der Waals surface area contributed by atoms with Crippen LogP contribution in [0.2, 0.25) is 0 Å². The van der Waals surface area contributed by atoms with Crippen LogP contribution in [0.3, 0.4) is 0 Å². The predicted molar refractivity (Wildman–Crippen MR) is 136 cm³/mol. The Balaban J connectivity index is 1.42. The average Bonchev–Trinajstić information content (AvgIpc) is 3.43. The number of aromatic nitrogens is 3. The summed E-state index contributed by atoms with van der Waals surface area (Å²) in [6.45, 7) is 8.51. The number of nitrogens with one attached hydrogen (secondary N) is 4. The molecule has 2 aliphatic rings. The van der Waals surface area contributed by atoms with Gasteiger partial charge in [-0.25, -0.2) is 4.98 Å². The van der Waals surface area contributed by atoms with Gasteiger partial charge in [0, 0.05) is 41.8 Å². The molecule has 1 aliphatic carbocycles. The molecule has 10 heteroatoms. The minimum atomic E-state index is -0.792. The number of hydrogen-bond acceptors (Lipinski definition) is 8. The van der Waals surface area contributed by atoms with Crippen molar-refractivity contribution in [2.24, 2.45) is 0 Å². The molecule has 190 valence electrons. The first kappa shape index (κ1) is 24.2. The minimum absolute atomic E-state index is 0.0688. The maximum Gasteiger partial charge on any atom is 0.300 e. The summed E-state index contributed by atoms with van der Waals surface area (Å²) in [5, 5.41) is 12.6. The summed E-state index contributed by atoms with van der Waals surface area (Å²) in [6.07, 6.45) is 5.32. The first-order chi connectivity index (χ1) is 17.2. The average molecular weight is 494 g/mol. The van der Waals surface area contributed by atoms with Crippen molar-refractivity contribution < 1.29 is 13.6 Å². The van der Waals surface area contributed by atoms with E-state index >= 15 is 0 Å². The Bertz CT molecular complexity index is 1280. The molecule has 0 radical (unpaired) electrons. The zero-order chi connectivity index (χ0) is 25.5. The molecule has 2 aromatic heterocycles. The molecule has 4 N–H and O–H groups in total. The van der Waals surface area contributed by atoms with Crippen LogP contribution in [0.15, 0.2) is 35.1 Å². The number of anilines is 4. The molecule has 1 aliphatic heterocycles. The van der Waals surface area contributed by atoms with Gasteiger partial charge in [0.1, 0.15) is 18.5 Å². The summed E-state index contributed by atoms with van der Waals surface area (Å²) >= 11 is 0. The fourth-order valence-electron chi connectivity index (χ4n) is 4.45. The molecule has 5 rings (SSSR count). The molecule has 0 saturated heterocycles. The van der Waals surface area contributed by atoms with Crippen LogP contribution in [0.1, 0.15) is 67.7 Å². The molecule has 0 bridgehead atoms. The Labute approximate surface area is 209 Å². The van der Waals surface area contributed by atoms with Gasteiger partial charge in [-0.05, 0) is 49.9 Å². The second-order valence-corrected chi connectivity index (χ2v) is 10.6. The molecule has 36 heavy (non-hydrogen) atoms. The molecule has 1 amide bonds.